The summed E-state index contributed by atoms with van der Waals surface area (Å²) in [4.78, 5) is 14.4. The van der Waals surface area contributed by atoms with Crippen LogP contribution in [-0.2, 0) is 6.54 Å². The van der Waals surface area contributed by atoms with Gasteiger partial charge in [0.2, 0.25) is 0 Å². The van der Waals surface area contributed by atoms with E-state index in [2.05, 4.69) is 27.8 Å². The summed E-state index contributed by atoms with van der Waals surface area (Å²) in [7, 11) is 0. The number of carbonyl (C=O) groups excluding carboxylic acids is 1. The molecule has 34 heavy (non-hydrogen) atoms. The van der Waals surface area contributed by atoms with Gasteiger partial charge in [-0.3, -0.25) is 4.79 Å². The van der Waals surface area contributed by atoms with Gasteiger partial charge in [-0.1, -0.05) is 28.9 Å². The smallest absolute Gasteiger partial charge is 0.276 e. The fourth-order valence-electron chi connectivity index (χ4n) is 4.80. The topological polar surface area (TPSA) is 72.3 Å². The highest BCUT2D eigenvalue weighted by molar-refractivity contribution is 6.30. The van der Waals surface area contributed by atoms with Crippen molar-refractivity contribution in [2.24, 2.45) is 0 Å². The Bertz CT molecular complexity index is 1100. The van der Waals surface area contributed by atoms with Crippen molar-refractivity contribution in [3.05, 3.63) is 71.0 Å². The Morgan fingerprint density at radius 3 is 2.56 bits per heavy atom. The summed E-state index contributed by atoms with van der Waals surface area (Å²) in [6.07, 6.45) is 8.19. The summed E-state index contributed by atoms with van der Waals surface area (Å²) in [6, 6.07) is 16.3. The van der Waals surface area contributed by atoms with Crippen LogP contribution in [0.2, 0.25) is 5.02 Å². The number of nitrogens with zero attached hydrogens (tertiary/aromatic N) is 4. The van der Waals surface area contributed by atoms with Gasteiger partial charge in [0, 0.05) is 30.7 Å². The number of ether oxygens (including phenoxy) is 1. The number of carbonyl (C=O) groups is 1. The number of rotatable bonds is 7. The van der Waals surface area contributed by atoms with Crippen LogP contribution in [0.1, 0.15) is 60.6 Å². The second-order valence-corrected chi connectivity index (χ2v) is 9.61. The van der Waals surface area contributed by atoms with Crippen LogP contribution in [-0.4, -0.2) is 44.9 Å². The number of aromatic nitrogens is 3. The van der Waals surface area contributed by atoms with Gasteiger partial charge in [-0.25, -0.2) is 4.68 Å². The fraction of sp³-hybridized carbons (Fsp3) is 0.423. The van der Waals surface area contributed by atoms with E-state index in [1.807, 2.05) is 52.2 Å². The predicted molar refractivity (Wildman–Crippen MR) is 131 cm³/mol. The van der Waals surface area contributed by atoms with E-state index in [-0.39, 0.29) is 5.91 Å². The molecule has 0 atom stereocenters. The molecule has 1 N–H and O–H groups in total. The summed E-state index contributed by atoms with van der Waals surface area (Å²) < 4.78 is 7.85. The first-order valence-electron chi connectivity index (χ1n) is 12.1. The molecule has 1 saturated heterocycles. The van der Waals surface area contributed by atoms with E-state index in [0.29, 0.717) is 22.8 Å². The zero-order chi connectivity index (χ0) is 23.3. The van der Waals surface area contributed by atoms with E-state index in [1.54, 1.807) is 0 Å². The summed E-state index contributed by atoms with van der Waals surface area (Å²) in [5, 5.41) is 12.8. The third-order valence-corrected chi connectivity index (χ3v) is 6.99. The molecule has 2 heterocycles. The molecular weight excluding hydrogens is 450 g/mol. The van der Waals surface area contributed by atoms with Gasteiger partial charge in [0.25, 0.3) is 5.91 Å². The Morgan fingerprint density at radius 2 is 1.79 bits per heavy atom. The van der Waals surface area contributed by atoms with E-state index < -0.39 is 0 Å². The maximum atomic E-state index is 12.5. The van der Waals surface area contributed by atoms with Crippen LogP contribution in [0.5, 0.6) is 11.5 Å². The fourth-order valence-corrected chi connectivity index (χ4v) is 4.93. The third-order valence-electron chi connectivity index (χ3n) is 6.74. The maximum Gasteiger partial charge on any atom is 0.276 e. The molecule has 0 bridgehead atoms. The van der Waals surface area contributed by atoms with Gasteiger partial charge in [0.1, 0.15) is 11.5 Å². The minimum atomic E-state index is 0.0152. The zero-order valence-electron chi connectivity index (χ0n) is 19.2. The highest BCUT2D eigenvalue weighted by atomic mass is 35.5. The molecule has 0 unspecified atom stereocenters. The van der Waals surface area contributed by atoms with E-state index in [4.69, 9.17) is 16.3 Å². The van der Waals surface area contributed by atoms with Crippen molar-refractivity contribution in [2.75, 3.05) is 13.1 Å². The van der Waals surface area contributed by atoms with Gasteiger partial charge in [-0.05, 0) is 80.5 Å². The van der Waals surface area contributed by atoms with Crippen LogP contribution in [0.4, 0.5) is 0 Å². The number of hydrogen-bond donors (Lipinski definition) is 1. The average Bonchev–Trinajstić information content (AvgIpc) is 3.57. The standard InChI is InChI=1S/C26H30ClN5O2/c27-20-6-12-23(13-7-20)34-24-5-3-4-19(16-24)17-28-21-8-10-22(11-9-21)32-18-25(29-30-32)26(33)31-14-1-2-15-31/h3-7,12-13,16,18,21-22,28H,1-2,8-11,14-15,17H2. The average molecular weight is 480 g/mol. The lowest BCUT2D eigenvalue weighted by Crippen LogP contribution is -2.33. The molecule has 1 amide bonds. The molecule has 2 aromatic carbocycles. The van der Waals surface area contributed by atoms with Crippen molar-refractivity contribution < 1.29 is 9.53 Å². The lowest BCUT2D eigenvalue weighted by Gasteiger charge is -2.29. The zero-order valence-corrected chi connectivity index (χ0v) is 20.0. The Balaban J connectivity index is 1.10. The molecule has 5 rings (SSSR count). The lowest BCUT2D eigenvalue weighted by atomic mass is 9.91. The van der Waals surface area contributed by atoms with Gasteiger partial charge in [-0.2, -0.15) is 0 Å². The molecule has 8 heteroatoms. The Labute approximate surface area is 205 Å². The second kappa shape index (κ2) is 10.6. The maximum absolute atomic E-state index is 12.5. The number of hydrogen-bond acceptors (Lipinski definition) is 5. The molecule has 7 nitrogen and oxygen atoms in total. The number of likely N-dealkylation sites (tertiary alicyclic amines) is 1. The number of benzene rings is 2. The second-order valence-electron chi connectivity index (χ2n) is 9.17. The minimum absolute atomic E-state index is 0.0152. The molecule has 178 valence electrons. The van der Waals surface area contributed by atoms with Gasteiger partial charge in [-0.15, -0.1) is 5.10 Å². The van der Waals surface area contributed by atoms with Gasteiger partial charge < -0.3 is 15.0 Å². The van der Waals surface area contributed by atoms with Crippen LogP contribution >= 0.6 is 11.6 Å². The van der Waals surface area contributed by atoms with Crippen molar-refractivity contribution in [2.45, 2.75) is 57.2 Å². The van der Waals surface area contributed by atoms with Crippen LogP contribution in [0, 0.1) is 0 Å². The molecular formula is C26H30ClN5O2. The van der Waals surface area contributed by atoms with Gasteiger partial charge in [0.05, 0.1) is 12.2 Å². The first-order chi connectivity index (χ1) is 16.6. The minimum Gasteiger partial charge on any atom is -0.457 e. The summed E-state index contributed by atoms with van der Waals surface area (Å²) in [5.41, 5.74) is 1.66. The molecule has 3 aromatic rings. The molecule has 0 spiro atoms. The Morgan fingerprint density at radius 1 is 1.03 bits per heavy atom. The van der Waals surface area contributed by atoms with Crippen molar-refractivity contribution >= 4 is 17.5 Å². The predicted octanol–water partition coefficient (Wildman–Crippen LogP) is 5.23. The summed E-state index contributed by atoms with van der Waals surface area (Å²) in [5.74, 6) is 1.60. The monoisotopic (exact) mass is 479 g/mol. The van der Waals surface area contributed by atoms with Crippen LogP contribution < -0.4 is 10.1 Å². The van der Waals surface area contributed by atoms with E-state index in [0.717, 1.165) is 69.7 Å². The van der Waals surface area contributed by atoms with Crippen LogP contribution in [0.15, 0.2) is 54.7 Å². The van der Waals surface area contributed by atoms with Crippen molar-refractivity contribution in [1.29, 1.82) is 0 Å². The molecule has 2 aliphatic rings. The van der Waals surface area contributed by atoms with Crippen LogP contribution in [0.25, 0.3) is 0 Å². The molecule has 1 saturated carbocycles. The summed E-state index contributed by atoms with van der Waals surface area (Å²) in [6.45, 7) is 2.46. The molecule has 1 aliphatic carbocycles. The Kier molecular flexibility index (Phi) is 7.11. The largest absolute Gasteiger partial charge is 0.457 e. The van der Waals surface area contributed by atoms with E-state index >= 15 is 0 Å². The number of halogens is 1. The van der Waals surface area contributed by atoms with Crippen molar-refractivity contribution in [3.8, 4) is 11.5 Å². The quantitative estimate of drug-likeness (QED) is 0.502. The molecule has 1 aliphatic heterocycles. The van der Waals surface area contributed by atoms with Gasteiger partial charge in [0.15, 0.2) is 5.69 Å². The number of amides is 1. The third kappa shape index (κ3) is 5.59. The first-order valence-corrected chi connectivity index (χ1v) is 12.5. The van der Waals surface area contributed by atoms with Crippen LogP contribution in [0.3, 0.4) is 0 Å². The molecule has 2 fully saturated rings. The molecule has 1 aromatic heterocycles. The van der Waals surface area contributed by atoms with E-state index in [1.165, 1.54) is 5.56 Å². The van der Waals surface area contributed by atoms with Crippen molar-refractivity contribution in [1.82, 2.24) is 25.2 Å². The Hall–Kier alpha value is -2.90. The highest BCUT2D eigenvalue weighted by Gasteiger charge is 2.26. The molecule has 0 radical (unpaired) electrons. The number of nitrogens with one attached hydrogen (secondary N) is 1. The lowest BCUT2D eigenvalue weighted by molar-refractivity contribution is 0.0787. The van der Waals surface area contributed by atoms with E-state index in [9.17, 15) is 4.79 Å². The highest BCUT2D eigenvalue weighted by Crippen LogP contribution is 2.29. The van der Waals surface area contributed by atoms with Crippen molar-refractivity contribution in [3.63, 3.8) is 0 Å². The van der Waals surface area contributed by atoms with Gasteiger partial charge >= 0.3 is 0 Å². The first kappa shape index (κ1) is 22.9. The summed E-state index contributed by atoms with van der Waals surface area (Å²) >= 11 is 5.95. The normalized spacial score (nSPS) is 20.4. The SMILES string of the molecule is O=C(c1cn(C2CCC(NCc3cccc(Oc4ccc(Cl)cc4)c3)CC2)nn1)N1CCCC1.